The molecular weight excluding hydrogens is 753 g/mol. The Kier molecular flexibility index (Phi) is 17.5. The average Bonchev–Trinajstić information content (AvgIpc) is 3.18. The first kappa shape index (κ1) is 44.1. The van der Waals surface area contributed by atoms with Crippen molar-refractivity contribution in [1.29, 1.82) is 0 Å². The fourth-order valence-corrected chi connectivity index (χ4v) is 5.06. The van der Waals surface area contributed by atoms with Gasteiger partial charge in [0.15, 0.2) is 11.2 Å². The van der Waals surface area contributed by atoms with Crippen molar-refractivity contribution in [1.82, 2.24) is 46.5 Å². The van der Waals surface area contributed by atoms with E-state index in [-0.39, 0.29) is 73.6 Å². The van der Waals surface area contributed by atoms with E-state index in [4.69, 9.17) is 11.5 Å². The third kappa shape index (κ3) is 14.2. The molecule has 21 nitrogen and oxygen atoms in total. The summed E-state index contributed by atoms with van der Waals surface area (Å²) in [5.41, 5.74) is 12.4. The number of thiol groups is 1. The summed E-state index contributed by atoms with van der Waals surface area (Å²) in [6.07, 6.45) is 2.62. The fraction of sp³-hybridized carbons (Fsp3) is 0.412. The lowest BCUT2D eigenvalue weighted by Crippen LogP contribution is -2.56. The van der Waals surface area contributed by atoms with Crippen molar-refractivity contribution >= 4 is 83.8 Å². The second-order valence-electron chi connectivity index (χ2n) is 12.5. The van der Waals surface area contributed by atoms with E-state index in [0.717, 1.165) is 0 Å². The van der Waals surface area contributed by atoms with Gasteiger partial charge in [0.25, 0.3) is 11.5 Å². The molecule has 11 N–H and O–H groups in total. The highest BCUT2D eigenvalue weighted by molar-refractivity contribution is 7.80. The van der Waals surface area contributed by atoms with Crippen LogP contribution in [0.1, 0.15) is 55.1 Å². The molecule has 300 valence electrons. The van der Waals surface area contributed by atoms with Crippen LogP contribution in [0, 0.1) is 0 Å². The second kappa shape index (κ2) is 22.2. The molecule has 0 saturated heterocycles. The summed E-state index contributed by atoms with van der Waals surface area (Å²) in [6, 6.07) is 1.52. The van der Waals surface area contributed by atoms with Crippen LogP contribution in [0.5, 0.6) is 0 Å². The first-order valence-electron chi connectivity index (χ1n) is 17.3. The van der Waals surface area contributed by atoms with Gasteiger partial charge in [0.05, 0.1) is 30.5 Å². The lowest BCUT2D eigenvalue weighted by Gasteiger charge is -2.21. The van der Waals surface area contributed by atoms with E-state index in [9.17, 15) is 43.2 Å². The lowest BCUT2D eigenvalue weighted by atomic mass is 10.1. The van der Waals surface area contributed by atoms with Crippen molar-refractivity contribution in [2.24, 2.45) is 5.73 Å². The predicted octanol–water partition coefficient (Wildman–Crippen LogP) is -2.60. The summed E-state index contributed by atoms with van der Waals surface area (Å²) in [5, 5.41) is 15.6. The Bertz CT molecular complexity index is 1950. The highest BCUT2D eigenvalue weighted by atomic mass is 32.1. The minimum absolute atomic E-state index is 0.0122. The fourth-order valence-electron chi connectivity index (χ4n) is 4.88. The van der Waals surface area contributed by atoms with E-state index >= 15 is 0 Å². The SMILES string of the molecule is C[C@@H](CCC(=O)NC[C@H](N)C(=O)N[C@@H](CC=O)C(=O)N[C@H](C=O)CS)NC(=O)CC[C@@H](C=O)NC(=O)c1ccc(NCc2cnc3nc(N)[nH]c(=O)c3n2)cc1. The summed E-state index contributed by atoms with van der Waals surface area (Å²) >= 11 is 3.93. The molecular formula is C34H44N12O9S. The highest BCUT2D eigenvalue weighted by Crippen LogP contribution is 2.12. The molecule has 0 fully saturated rings. The number of aromatic nitrogens is 4. The topological polar surface area (TPSA) is 332 Å². The molecule has 3 aromatic rings. The molecule has 3 rings (SSSR count). The van der Waals surface area contributed by atoms with Gasteiger partial charge in [-0.1, -0.05) is 0 Å². The minimum Gasteiger partial charge on any atom is -0.379 e. The minimum atomic E-state index is -1.28. The Morgan fingerprint density at radius 3 is 2.25 bits per heavy atom. The van der Waals surface area contributed by atoms with Gasteiger partial charge in [0, 0.05) is 48.9 Å². The van der Waals surface area contributed by atoms with E-state index in [0.29, 0.717) is 30.2 Å². The van der Waals surface area contributed by atoms with Crippen molar-refractivity contribution in [2.45, 2.75) is 75.8 Å². The second-order valence-corrected chi connectivity index (χ2v) is 12.9. The summed E-state index contributed by atoms with van der Waals surface area (Å²) in [6.45, 7) is 1.61. The number of benzene rings is 1. The van der Waals surface area contributed by atoms with Crippen LogP contribution in [-0.2, 0) is 40.1 Å². The van der Waals surface area contributed by atoms with Crippen molar-refractivity contribution in [3.05, 3.63) is 52.1 Å². The number of hydrogen-bond donors (Lipinski definition) is 10. The van der Waals surface area contributed by atoms with Crippen LogP contribution < -0.4 is 48.9 Å². The molecule has 5 amide bonds. The number of nitrogens with one attached hydrogen (secondary N) is 7. The number of aromatic amines is 1. The molecule has 0 spiro atoms. The number of aldehydes is 3. The maximum absolute atomic E-state index is 12.8. The van der Waals surface area contributed by atoms with Gasteiger partial charge in [-0.3, -0.25) is 33.8 Å². The molecule has 0 aliphatic heterocycles. The number of hydrogen-bond acceptors (Lipinski definition) is 16. The maximum Gasteiger partial charge on any atom is 0.280 e. The van der Waals surface area contributed by atoms with Gasteiger partial charge in [-0.2, -0.15) is 17.6 Å². The number of amides is 5. The molecule has 0 saturated carbocycles. The largest absolute Gasteiger partial charge is 0.379 e. The summed E-state index contributed by atoms with van der Waals surface area (Å²) < 4.78 is 0. The van der Waals surface area contributed by atoms with Crippen LogP contribution in [0.3, 0.4) is 0 Å². The van der Waals surface area contributed by atoms with Gasteiger partial charge in [-0.25, -0.2) is 9.97 Å². The van der Waals surface area contributed by atoms with Crippen molar-refractivity contribution in [2.75, 3.05) is 23.3 Å². The molecule has 0 radical (unpaired) electrons. The van der Waals surface area contributed by atoms with E-state index in [1.54, 1.807) is 31.2 Å². The van der Waals surface area contributed by atoms with Crippen LogP contribution in [-0.4, -0.2) is 111 Å². The van der Waals surface area contributed by atoms with Crippen LogP contribution in [0.4, 0.5) is 11.6 Å². The summed E-state index contributed by atoms with van der Waals surface area (Å²) in [5.74, 6) is -3.04. The third-order valence-electron chi connectivity index (χ3n) is 7.99. The van der Waals surface area contributed by atoms with Crippen LogP contribution in [0.2, 0.25) is 0 Å². The monoisotopic (exact) mass is 796 g/mol. The van der Waals surface area contributed by atoms with Gasteiger partial charge in [0.2, 0.25) is 29.6 Å². The van der Waals surface area contributed by atoms with Gasteiger partial charge in [0.1, 0.15) is 30.9 Å². The Balaban J connectivity index is 1.35. The van der Waals surface area contributed by atoms with Crippen molar-refractivity contribution < 1.29 is 38.4 Å². The first-order valence-corrected chi connectivity index (χ1v) is 17.9. The normalized spacial score (nSPS) is 13.5. The molecule has 56 heavy (non-hydrogen) atoms. The predicted molar refractivity (Wildman–Crippen MR) is 205 cm³/mol. The van der Waals surface area contributed by atoms with Crippen molar-refractivity contribution in [3.8, 4) is 0 Å². The number of H-pyrrole nitrogens is 1. The van der Waals surface area contributed by atoms with Crippen LogP contribution >= 0.6 is 12.6 Å². The van der Waals surface area contributed by atoms with E-state index in [1.165, 1.54) is 6.20 Å². The summed E-state index contributed by atoms with van der Waals surface area (Å²) in [7, 11) is 0. The molecule has 1 aromatic carbocycles. The molecule has 2 aromatic heterocycles. The number of fused-ring (bicyclic) bond motifs is 1. The molecule has 0 aliphatic rings. The molecule has 0 bridgehead atoms. The molecule has 2 heterocycles. The Hall–Kier alpha value is -6.29. The Morgan fingerprint density at radius 2 is 1.59 bits per heavy atom. The van der Waals surface area contributed by atoms with Gasteiger partial charge in [-0.15, -0.1) is 0 Å². The highest BCUT2D eigenvalue weighted by Gasteiger charge is 2.25. The van der Waals surface area contributed by atoms with E-state index < -0.39 is 65.3 Å². The van der Waals surface area contributed by atoms with Crippen LogP contribution in [0.25, 0.3) is 11.2 Å². The number of rotatable bonds is 23. The zero-order valence-electron chi connectivity index (χ0n) is 30.3. The average molecular weight is 797 g/mol. The molecule has 0 unspecified atom stereocenters. The summed E-state index contributed by atoms with van der Waals surface area (Å²) in [4.78, 5) is 123. The number of nitrogens with zero attached hydrogens (tertiary/aromatic N) is 3. The number of anilines is 2. The number of nitrogen functional groups attached to an aromatic ring is 1. The van der Waals surface area contributed by atoms with E-state index in [2.05, 4.69) is 64.5 Å². The smallest absolute Gasteiger partial charge is 0.280 e. The number of carbonyl (C=O) groups is 8. The lowest BCUT2D eigenvalue weighted by molar-refractivity contribution is -0.131. The molecule has 0 aliphatic carbocycles. The van der Waals surface area contributed by atoms with Crippen LogP contribution in [0.15, 0.2) is 35.3 Å². The number of nitrogens with two attached hydrogens (primary N) is 2. The first-order chi connectivity index (χ1) is 26.8. The Morgan fingerprint density at radius 1 is 0.893 bits per heavy atom. The Labute approximate surface area is 325 Å². The van der Waals surface area contributed by atoms with Crippen molar-refractivity contribution in [3.63, 3.8) is 0 Å². The van der Waals surface area contributed by atoms with Gasteiger partial charge >= 0.3 is 0 Å². The molecule has 22 heteroatoms. The zero-order chi connectivity index (χ0) is 41.2. The number of carbonyl (C=O) groups excluding carboxylic acids is 8. The zero-order valence-corrected chi connectivity index (χ0v) is 31.2. The quantitative estimate of drug-likeness (QED) is 0.0348. The van der Waals surface area contributed by atoms with E-state index in [1.807, 2.05) is 0 Å². The molecule has 5 atom stereocenters. The third-order valence-corrected chi connectivity index (χ3v) is 8.38. The van der Waals surface area contributed by atoms with Gasteiger partial charge in [-0.05, 0) is 44.0 Å². The maximum atomic E-state index is 12.8. The van der Waals surface area contributed by atoms with Gasteiger partial charge < -0.3 is 57.8 Å². The standard InChI is InChI=1S/C34H44N12O9S/c1-18(2-8-26(50)38-14-24(35)31(53)44-25(10-11-47)32(54)43-23(16-49)17-56)40-27(51)9-7-21(15-48)42-30(52)19-3-5-20(6-4-19)37-12-22-13-39-29-28(41-22)33(55)46-34(36)45-29/h3-6,11,13,15-16,18,21,23-25,37,56H,2,7-10,12,14,17,35H2,1H3,(H,38,50)(H,40,51)(H,42,52)(H,43,54)(H,44,53)(H3,36,39,45,46,55)/t18-,21-,23+,24-,25-/m0/s1.